The van der Waals surface area contributed by atoms with Gasteiger partial charge in [-0.25, -0.2) is 4.39 Å². The molecule has 158 valence electrons. The van der Waals surface area contributed by atoms with E-state index >= 15 is 0 Å². The monoisotopic (exact) mass is 515 g/mol. The van der Waals surface area contributed by atoms with Gasteiger partial charge in [0.2, 0.25) is 0 Å². The quantitative estimate of drug-likeness (QED) is 0.324. The number of furan rings is 1. The number of piperidine rings is 1. The fourth-order valence-corrected chi connectivity index (χ4v) is 3.45. The number of nitrogens with one attached hydrogen (secondary N) is 2. The summed E-state index contributed by atoms with van der Waals surface area (Å²) in [6.07, 6.45) is 2.05. The minimum atomic E-state index is -0.591. The van der Waals surface area contributed by atoms with Crippen LogP contribution in [0.25, 0.3) is 0 Å². The van der Waals surface area contributed by atoms with Crippen LogP contribution in [0.2, 0.25) is 0 Å². The van der Waals surface area contributed by atoms with Crippen molar-refractivity contribution in [2.45, 2.75) is 32.4 Å². The minimum absolute atomic E-state index is 0. The molecule has 7 nitrogen and oxygen atoms in total. The zero-order valence-corrected chi connectivity index (χ0v) is 18.9. The van der Waals surface area contributed by atoms with E-state index in [9.17, 15) is 9.18 Å². The van der Waals surface area contributed by atoms with E-state index in [1.807, 2.05) is 13.0 Å². The van der Waals surface area contributed by atoms with E-state index < -0.39 is 5.91 Å². The number of aliphatic imine (C=N–C) groups is 1. The summed E-state index contributed by atoms with van der Waals surface area (Å²) in [6.45, 7) is 4.07. The lowest BCUT2D eigenvalue weighted by molar-refractivity contribution is 0.0972. The molecule has 1 amide bonds. The fraction of sp³-hybridized carbons (Fsp3) is 0.400. The van der Waals surface area contributed by atoms with Crippen LogP contribution in [0.1, 0.15) is 34.7 Å². The highest BCUT2D eigenvalue weighted by Crippen LogP contribution is 2.24. The van der Waals surface area contributed by atoms with E-state index in [4.69, 9.17) is 10.2 Å². The molecular formula is C20H27FIN5O2. The number of nitrogens with two attached hydrogens (primary N) is 1. The average Bonchev–Trinajstić information content (AvgIpc) is 3.15. The van der Waals surface area contributed by atoms with Crippen LogP contribution < -0.4 is 21.3 Å². The molecule has 2 heterocycles. The van der Waals surface area contributed by atoms with Gasteiger partial charge in [0, 0.05) is 31.9 Å². The van der Waals surface area contributed by atoms with Crippen LogP contribution in [0.15, 0.2) is 39.7 Å². The highest BCUT2D eigenvalue weighted by atomic mass is 127. The van der Waals surface area contributed by atoms with Gasteiger partial charge in [0.25, 0.3) is 5.91 Å². The largest absolute Gasteiger partial charge is 0.454 e. The van der Waals surface area contributed by atoms with Crippen LogP contribution in [0.3, 0.4) is 0 Å². The van der Waals surface area contributed by atoms with Crippen molar-refractivity contribution in [2.75, 3.05) is 25.0 Å². The minimum Gasteiger partial charge on any atom is -0.454 e. The predicted molar refractivity (Wildman–Crippen MR) is 122 cm³/mol. The molecule has 1 atom stereocenters. The lowest BCUT2D eigenvalue weighted by Gasteiger charge is -2.36. The van der Waals surface area contributed by atoms with Gasteiger partial charge in [0.05, 0.1) is 6.54 Å². The number of guanidine groups is 1. The Labute approximate surface area is 186 Å². The maximum atomic E-state index is 13.4. The number of hydrogen-bond donors (Lipinski definition) is 3. The number of primary amides is 1. The van der Waals surface area contributed by atoms with Gasteiger partial charge in [-0.15, -0.1) is 24.0 Å². The molecule has 0 aliphatic carbocycles. The number of benzene rings is 1. The van der Waals surface area contributed by atoms with Crippen LogP contribution in [0.5, 0.6) is 0 Å². The highest BCUT2D eigenvalue weighted by Gasteiger charge is 2.22. The van der Waals surface area contributed by atoms with Crippen molar-refractivity contribution in [3.63, 3.8) is 0 Å². The van der Waals surface area contributed by atoms with E-state index in [-0.39, 0.29) is 41.6 Å². The van der Waals surface area contributed by atoms with Gasteiger partial charge in [0.1, 0.15) is 11.6 Å². The number of anilines is 1. The summed E-state index contributed by atoms with van der Waals surface area (Å²) in [7, 11) is 1.71. The Kier molecular flexibility index (Phi) is 8.30. The number of rotatable bonds is 5. The molecule has 2 aromatic rings. The topological polar surface area (TPSA) is 95.9 Å². The third-order valence-electron chi connectivity index (χ3n) is 4.82. The van der Waals surface area contributed by atoms with Crippen molar-refractivity contribution in [3.8, 4) is 0 Å². The van der Waals surface area contributed by atoms with E-state index in [0.29, 0.717) is 18.3 Å². The predicted octanol–water partition coefficient (Wildman–Crippen LogP) is 2.78. The number of amides is 1. The molecule has 1 unspecified atom stereocenters. The van der Waals surface area contributed by atoms with Crippen molar-refractivity contribution in [1.82, 2.24) is 10.6 Å². The number of carbonyl (C=O) groups is 1. The summed E-state index contributed by atoms with van der Waals surface area (Å²) in [5, 5.41) is 6.61. The zero-order chi connectivity index (χ0) is 20.1. The maximum Gasteiger partial charge on any atom is 0.284 e. The molecule has 0 saturated carbocycles. The van der Waals surface area contributed by atoms with Gasteiger partial charge in [-0.3, -0.25) is 9.79 Å². The van der Waals surface area contributed by atoms with Gasteiger partial charge < -0.3 is 25.7 Å². The first-order chi connectivity index (χ1) is 13.5. The molecule has 1 aliphatic heterocycles. The van der Waals surface area contributed by atoms with Crippen molar-refractivity contribution >= 4 is 41.5 Å². The third kappa shape index (κ3) is 6.09. The Morgan fingerprint density at radius 2 is 2.17 bits per heavy atom. The molecule has 1 aliphatic rings. The zero-order valence-electron chi connectivity index (χ0n) is 16.6. The van der Waals surface area contributed by atoms with Crippen molar-refractivity contribution in [2.24, 2.45) is 10.7 Å². The van der Waals surface area contributed by atoms with Crippen LogP contribution in [0.4, 0.5) is 10.1 Å². The van der Waals surface area contributed by atoms with E-state index in [2.05, 4.69) is 20.5 Å². The lowest BCUT2D eigenvalue weighted by Crippen LogP contribution is -2.51. The summed E-state index contributed by atoms with van der Waals surface area (Å²) < 4.78 is 18.8. The van der Waals surface area contributed by atoms with Gasteiger partial charge in [-0.2, -0.15) is 0 Å². The lowest BCUT2D eigenvalue weighted by atomic mass is 10.0. The van der Waals surface area contributed by atoms with Crippen LogP contribution in [-0.2, 0) is 6.54 Å². The molecule has 1 aromatic carbocycles. The number of hydrogen-bond acceptors (Lipinski definition) is 4. The molecule has 4 N–H and O–H groups in total. The molecule has 1 saturated heterocycles. The number of aryl methyl sites for hydroxylation is 1. The number of halogens is 2. The normalized spacial score (nSPS) is 16.9. The second-order valence-corrected chi connectivity index (χ2v) is 6.92. The summed E-state index contributed by atoms with van der Waals surface area (Å²) in [5.74, 6) is 0.586. The van der Waals surface area contributed by atoms with E-state index in [0.717, 1.165) is 37.2 Å². The molecule has 29 heavy (non-hydrogen) atoms. The highest BCUT2D eigenvalue weighted by molar-refractivity contribution is 14.0. The summed E-state index contributed by atoms with van der Waals surface area (Å²) in [6, 6.07) is 8.38. The van der Waals surface area contributed by atoms with Gasteiger partial charge >= 0.3 is 0 Å². The van der Waals surface area contributed by atoms with Gasteiger partial charge in [0.15, 0.2) is 11.7 Å². The smallest absolute Gasteiger partial charge is 0.284 e. The standard InChI is InChI=1S/C20H26FN5O2.HI/c1-13-10-14(21)5-7-17(13)26-9-3-4-15(12-26)25-20(23-2)24-11-16-6-8-18(28-16)19(22)27;/h5-8,10,15H,3-4,9,11-12H2,1-2H3,(H2,22,27)(H2,23,24,25);1H. The van der Waals surface area contributed by atoms with Crippen LogP contribution in [0, 0.1) is 12.7 Å². The molecular weight excluding hydrogens is 488 g/mol. The summed E-state index contributed by atoms with van der Waals surface area (Å²) in [4.78, 5) is 17.6. The molecule has 0 bridgehead atoms. The fourth-order valence-electron chi connectivity index (χ4n) is 3.45. The number of nitrogens with zero attached hydrogens (tertiary/aromatic N) is 2. The van der Waals surface area contributed by atoms with Crippen LogP contribution in [-0.4, -0.2) is 38.0 Å². The van der Waals surface area contributed by atoms with E-state index in [1.54, 1.807) is 25.2 Å². The van der Waals surface area contributed by atoms with Crippen LogP contribution >= 0.6 is 24.0 Å². The van der Waals surface area contributed by atoms with Gasteiger partial charge in [-0.05, 0) is 55.7 Å². The molecule has 1 fully saturated rings. The SMILES string of the molecule is CN=C(NCc1ccc(C(N)=O)o1)NC1CCCN(c2ccc(F)cc2C)C1.I. The Morgan fingerprint density at radius 3 is 2.83 bits per heavy atom. The first-order valence-electron chi connectivity index (χ1n) is 9.33. The Morgan fingerprint density at radius 1 is 1.38 bits per heavy atom. The van der Waals surface area contributed by atoms with Crippen molar-refractivity contribution in [1.29, 1.82) is 0 Å². The Hall–Kier alpha value is -2.30. The summed E-state index contributed by atoms with van der Waals surface area (Å²) >= 11 is 0. The first kappa shape index (κ1) is 23.0. The molecule has 3 rings (SSSR count). The number of carbonyl (C=O) groups excluding carboxylic acids is 1. The van der Waals surface area contributed by atoms with Crippen molar-refractivity contribution < 1.29 is 13.6 Å². The molecule has 0 spiro atoms. The second kappa shape index (κ2) is 10.5. The first-order valence-corrected chi connectivity index (χ1v) is 9.33. The average molecular weight is 515 g/mol. The maximum absolute atomic E-state index is 13.4. The second-order valence-electron chi connectivity index (χ2n) is 6.92. The van der Waals surface area contributed by atoms with E-state index in [1.165, 1.54) is 6.07 Å². The third-order valence-corrected chi connectivity index (χ3v) is 4.82. The molecule has 0 radical (unpaired) electrons. The molecule has 1 aromatic heterocycles. The van der Waals surface area contributed by atoms with Gasteiger partial charge in [-0.1, -0.05) is 0 Å². The summed E-state index contributed by atoms with van der Waals surface area (Å²) in [5.41, 5.74) is 7.20. The Balaban J connectivity index is 0.00000300. The van der Waals surface area contributed by atoms with Crippen molar-refractivity contribution in [3.05, 3.63) is 53.2 Å². The molecule has 9 heteroatoms. The Bertz CT molecular complexity index is 870.